The van der Waals surface area contributed by atoms with Gasteiger partial charge in [0.2, 0.25) is 5.95 Å². The van der Waals surface area contributed by atoms with Crippen LogP contribution in [-0.2, 0) is 0 Å². The van der Waals surface area contributed by atoms with Gasteiger partial charge in [0.25, 0.3) is 0 Å². The largest absolute Gasteiger partial charge is 0.391 e. The molecule has 1 fully saturated rings. The average molecular weight is 208 g/mol. The smallest absolute Gasteiger partial charge is 0.226 e. The normalized spacial score (nSPS) is 20.7. The third-order valence-corrected chi connectivity index (χ3v) is 2.52. The zero-order valence-electron chi connectivity index (χ0n) is 9.09. The summed E-state index contributed by atoms with van der Waals surface area (Å²) in [6.45, 7) is 1.54. The molecule has 1 unspecified atom stereocenters. The molecule has 1 aromatic rings. The van der Waals surface area contributed by atoms with Gasteiger partial charge in [-0.05, 0) is 12.5 Å². The van der Waals surface area contributed by atoms with Gasteiger partial charge in [0.15, 0.2) is 0 Å². The van der Waals surface area contributed by atoms with E-state index in [2.05, 4.69) is 14.9 Å². The van der Waals surface area contributed by atoms with Crippen LogP contribution < -0.4 is 9.80 Å². The molecule has 0 aliphatic carbocycles. The summed E-state index contributed by atoms with van der Waals surface area (Å²) in [5, 5.41) is 9.44. The van der Waals surface area contributed by atoms with Crippen molar-refractivity contribution < 1.29 is 5.11 Å². The highest BCUT2D eigenvalue weighted by Gasteiger charge is 2.21. The van der Waals surface area contributed by atoms with Crippen LogP contribution in [-0.4, -0.2) is 48.4 Å². The standard InChI is InChI=1S/C10H16N4O/c1-13(2)10-11-5-3-9(12-10)14-6-4-8(15)7-14/h3,5,8,15H,4,6-7H2,1-2H3. The predicted molar refractivity (Wildman–Crippen MR) is 59.2 cm³/mol. The lowest BCUT2D eigenvalue weighted by atomic mass is 10.3. The van der Waals surface area contributed by atoms with E-state index in [-0.39, 0.29) is 6.10 Å². The number of anilines is 2. The van der Waals surface area contributed by atoms with E-state index >= 15 is 0 Å². The van der Waals surface area contributed by atoms with Crippen molar-refractivity contribution in [3.8, 4) is 0 Å². The van der Waals surface area contributed by atoms with E-state index in [1.54, 1.807) is 6.20 Å². The number of aliphatic hydroxyl groups is 1. The van der Waals surface area contributed by atoms with Crippen molar-refractivity contribution in [3.05, 3.63) is 12.3 Å². The van der Waals surface area contributed by atoms with Crippen molar-refractivity contribution in [2.24, 2.45) is 0 Å². The van der Waals surface area contributed by atoms with Crippen molar-refractivity contribution in [3.63, 3.8) is 0 Å². The van der Waals surface area contributed by atoms with Crippen LogP contribution in [0, 0.1) is 0 Å². The van der Waals surface area contributed by atoms with Crippen molar-refractivity contribution >= 4 is 11.8 Å². The molecule has 15 heavy (non-hydrogen) atoms. The Morgan fingerprint density at radius 2 is 2.33 bits per heavy atom. The summed E-state index contributed by atoms with van der Waals surface area (Å²) in [4.78, 5) is 12.5. The maximum atomic E-state index is 9.44. The van der Waals surface area contributed by atoms with Gasteiger partial charge >= 0.3 is 0 Å². The van der Waals surface area contributed by atoms with Crippen LogP contribution in [0.25, 0.3) is 0 Å². The highest BCUT2D eigenvalue weighted by atomic mass is 16.3. The third kappa shape index (κ3) is 2.18. The minimum atomic E-state index is -0.220. The monoisotopic (exact) mass is 208 g/mol. The molecule has 1 N–H and O–H groups in total. The minimum Gasteiger partial charge on any atom is -0.391 e. The number of rotatable bonds is 2. The Balaban J connectivity index is 2.18. The van der Waals surface area contributed by atoms with Crippen molar-refractivity contribution in [1.29, 1.82) is 0 Å². The van der Waals surface area contributed by atoms with Gasteiger partial charge in [0.05, 0.1) is 6.10 Å². The summed E-state index contributed by atoms with van der Waals surface area (Å²) >= 11 is 0. The fourth-order valence-corrected chi connectivity index (χ4v) is 1.68. The lowest BCUT2D eigenvalue weighted by molar-refractivity contribution is 0.198. The summed E-state index contributed by atoms with van der Waals surface area (Å²) in [5.74, 6) is 1.60. The Morgan fingerprint density at radius 1 is 1.53 bits per heavy atom. The maximum Gasteiger partial charge on any atom is 0.226 e. The van der Waals surface area contributed by atoms with E-state index in [0.717, 1.165) is 18.8 Å². The zero-order valence-corrected chi connectivity index (χ0v) is 9.09. The second kappa shape index (κ2) is 4.02. The Bertz CT molecular complexity index is 342. The maximum absolute atomic E-state index is 9.44. The van der Waals surface area contributed by atoms with Crippen molar-refractivity contribution in [2.75, 3.05) is 37.0 Å². The quantitative estimate of drug-likeness (QED) is 0.748. The summed E-state index contributed by atoms with van der Waals surface area (Å²) in [5.41, 5.74) is 0. The molecule has 0 aromatic carbocycles. The zero-order chi connectivity index (χ0) is 10.8. The van der Waals surface area contributed by atoms with Gasteiger partial charge in [-0.25, -0.2) is 4.98 Å². The van der Waals surface area contributed by atoms with Crippen LogP contribution in [0.15, 0.2) is 12.3 Å². The average Bonchev–Trinajstić information content (AvgIpc) is 2.65. The molecule has 0 radical (unpaired) electrons. The molecule has 0 bridgehead atoms. The molecule has 1 aromatic heterocycles. The number of hydrogen-bond acceptors (Lipinski definition) is 5. The van der Waals surface area contributed by atoms with E-state index in [4.69, 9.17) is 0 Å². The van der Waals surface area contributed by atoms with E-state index in [0.29, 0.717) is 12.5 Å². The summed E-state index contributed by atoms with van der Waals surface area (Å²) < 4.78 is 0. The molecule has 5 nitrogen and oxygen atoms in total. The van der Waals surface area contributed by atoms with Gasteiger partial charge in [0, 0.05) is 33.4 Å². The van der Waals surface area contributed by atoms with Gasteiger partial charge < -0.3 is 14.9 Å². The van der Waals surface area contributed by atoms with Crippen LogP contribution in [0.3, 0.4) is 0 Å². The van der Waals surface area contributed by atoms with Gasteiger partial charge in [-0.3, -0.25) is 0 Å². The topological polar surface area (TPSA) is 52.5 Å². The fraction of sp³-hybridized carbons (Fsp3) is 0.600. The number of nitrogens with zero attached hydrogens (tertiary/aromatic N) is 4. The predicted octanol–water partition coefficient (Wildman–Crippen LogP) is 0.114. The molecule has 1 saturated heterocycles. The SMILES string of the molecule is CN(C)c1nccc(N2CCC(O)C2)n1. The molecule has 2 rings (SSSR count). The Kier molecular flexibility index (Phi) is 2.73. The number of aromatic nitrogens is 2. The molecule has 0 spiro atoms. The second-order valence-corrected chi connectivity index (χ2v) is 4.00. The first kappa shape index (κ1) is 10.2. The molecular weight excluding hydrogens is 192 g/mol. The highest BCUT2D eigenvalue weighted by molar-refractivity contribution is 5.44. The Morgan fingerprint density at radius 3 is 2.93 bits per heavy atom. The summed E-state index contributed by atoms with van der Waals surface area (Å²) in [6, 6.07) is 1.88. The Labute approximate surface area is 89.4 Å². The molecule has 1 aliphatic rings. The van der Waals surface area contributed by atoms with E-state index < -0.39 is 0 Å². The molecule has 82 valence electrons. The van der Waals surface area contributed by atoms with E-state index in [1.807, 2.05) is 25.1 Å². The van der Waals surface area contributed by atoms with Gasteiger partial charge in [-0.15, -0.1) is 0 Å². The van der Waals surface area contributed by atoms with Gasteiger partial charge in [-0.2, -0.15) is 4.98 Å². The molecule has 0 amide bonds. The molecule has 5 heteroatoms. The molecule has 1 atom stereocenters. The summed E-state index contributed by atoms with van der Waals surface area (Å²) in [7, 11) is 3.83. The first-order valence-electron chi connectivity index (χ1n) is 5.10. The highest BCUT2D eigenvalue weighted by Crippen LogP contribution is 2.18. The third-order valence-electron chi connectivity index (χ3n) is 2.52. The van der Waals surface area contributed by atoms with Crippen molar-refractivity contribution in [1.82, 2.24) is 9.97 Å². The van der Waals surface area contributed by atoms with E-state index in [1.165, 1.54) is 0 Å². The fourth-order valence-electron chi connectivity index (χ4n) is 1.68. The molecule has 0 saturated carbocycles. The number of β-amino-alcohol motifs (C(OH)–C–C–N with tert-alkyl or cyclic N) is 1. The second-order valence-electron chi connectivity index (χ2n) is 4.00. The molecule has 1 aliphatic heterocycles. The Hall–Kier alpha value is -1.36. The lowest BCUT2D eigenvalue weighted by Gasteiger charge is -2.18. The lowest BCUT2D eigenvalue weighted by Crippen LogP contribution is -2.23. The van der Waals surface area contributed by atoms with Crippen LogP contribution in [0.4, 0.5) is 11.8 Å². The van der Waals surface area contributed by atoms with Gasteiger partial charge in [-0.1, -0.05) is 0 Å². The first-order chi connectivity index (χ1) is 7.16. The van der Waals surface area contributed by atoms with Crippen LogP contribution >= 0.6 is 0 Å². The van der Waals surface area contributed by atoms with Crippen LogP contribution in [0.2, 0.25) is 0 Å². The molecule has 2 heterocycles. The minimum absolute atomic E-state index is 0.220. The first-order valence-corrected chi connectivity index (χ1v) is 5.10. The summed E-state index contributed by atoms with van der Waals surface area (Å²) in [6.07, 6.45) is 2.35. The molecular formula is C10H16N4O. The number of aliphatic hydroxyl groups excluding tert-OH is 1. The van der Waals surface area contributed by atoms with Crippen LogP contribution in [0.1, 0.15) is 6.42 Å². The van der Waals surface area contributed by atoms with Crippen LogP contribution in [0.5, 0.6) is 0 Å². The van der Waals surface area contributed by atoms with Crippen molar-refractivity contribution in [2.45, 2.75) is 12.5 Å². The number of hydrogen-bond donors (Lipinski definition) is 1. The van der Waals surface area contributed by atoms with Gasteiger partial charge in [0.1, 0.15) is 5.82 Å². The van der Waals surface area contributed by atoms with E-state index in [9.17, 15) is 5.11 Å².